The molecule has 7 heteroatoms. The number of hydrogen-bond donors (Lipinski definition) is 2. The number of aromatic nitrogens is 1. The SMILES string of the molecule is Cc1c(C(=O)Cc2ccc(Nc3ccc(CC(=O)c4ccc(N5CCC(O)CC5)cc4)cc3)c(F)c2)cn(C)c1C. The first-order chi connectivity index (χ1) is 19.7. The number of piperidine rings is 1. The number of nitrogens with zero attached hydrogens (tertiary/aromatic N) is 2. The lowest BCUT2D eigenvalue weighted by atomic mass is 10.0. The number of aliphatic hydroxyl groups is 1. The van der Waals surface area contributed by atoms with Gasteiger partial charge in [-0.25, -0.2) is 4.39 Å². The van der Waals surface area contributed by atoms with Crippen LogP contribution in [0.15, 0.2) is 72.9 Å². The predicted molar refractivity (Wildman–Crippen MR) is 161 cm³/mol. The minimum Gasteiger partial charge on any atom is -0.393 e. The Morgan fingerprint density at radius 2 is 1.54 bits per heavy atom. The van der Waals surface area contributed by atoms with E-state index < -0.39 is 5.82 Å². The van der Waals surface area contributed by atoms with E-state index in [0.717, 1.165) is 48.4 Å². The van der Waals surface area contributed by atoms with Crippen molar-refractivity contribution >= 4 is 28.6 Å². The Morgan fingerprint density at radius 3 is 2.15 bits per heavy atom. The summed E-state index contributed by atoms with van der Waals surface area (Å²) >= 11 is 0. The first-order valence-electron chi connectivity index (χ1n) is 14.0. The molecule has 41 heavy (non-hydrogen) atoms. The summed E-state index contributed by atoms with van der Waals surface area (Å²) in [5.41, 5.74) is 6.90. The van der Waals surface area contributed by atoms with E-state index in [1.165, 1.54) is 6.07 Å². The van der Waals surface area contributed by atoms with Crippen molar-refractivity contribution in [3.63, 3.8) is 0 Å². The second-order valence-electron chi connectivity index (χ2n) is 11.0. The zero-order valence-corrected chi connectivity index (χ0v) is 23.8. The number of anilines is 3. The molecule has 0 bridgehead atoms. The average Bonchev–Trinajstić information content (AvgIpc) is 3.23. The van der Waals surface area contributed by atoms with Crippen molar-refractivity contribution in [1.82, 2.24) is 4.57 Å². The van der Waals surface area contributed by atoms with Gasteiger partial charge in [-0.1, -0.05) is 18.2 Å². The van der Waals surface area contributed by atoms with E-state index in [0.29, 0.717) is 28.1 Å². The van der Waals surface area contributed by atoms with Gasteiger partial charge in [0, 0.05) is 67.4 Å². The molecule has 0 aliphatic carbocycles. The largest absolute Gasteiger partial charge is 0.393 e. The molecule has 1 aliphatic rings. The summed E-state index contributed by atoms with van der Waals surface area (Å²) in [6, 6.07) is 19.9. The van der Waals surface area contributed by atoms with Gasteiger partial charge >= 0.3 is 0 Å². The van der Waals surface area contributed by atoms with Crippen LogP contribution in [0.5, 0.6) is 0 Å². The van der Waals surface area contributed by atoms with E-state index in [1.54, 1.807) is 12.1 Å². The van der Waals surface area contributed by atoms with E-state index in [1.807, 2.05) is 80.2 Å². The summed E-state index contributed by atoms with van der Waals surface area (Å²) in [6.07, 6.45) is 3.54. The molecule has 0 atom stereocenters. The van der Waals surface area contributed by atoms with Crippen LogP contribution in [-0.4, -0.2) is 40.4 Å². The van der Waals surface area contributed by atoms with Crippen LogP contribution < -0.4 is 10.2 Å². The molecule has 1 fully saturated rings. The lowest BCUT2D eigenvalue weighted by Gasteiger charge is -2.31. The number of rotatable bonds is 9. The Balaban J connectivity index is 1.16. The molecule has 1 aromatic heterocycles. The van der Waals surface area contributed by atoms with Crippen molar-refractivity contribution in [3.8, 4) is 0 Å². The number of hydrogen-bond acceptors (Lipinski definition) is 5. The summed E-state index contributed by atoms with van der Waals surface area (Å²) < 4.78 is 16.8. The van der Waals surface area contributed by atoms with Gasteiger partial charge in [-0.3, -0.25) is 9.59 Å². The molecule has 1 saturated heterocycles. The highest BCUT2D eigenvalue weighted by Crippen LogP contribution is 2.25. The lowest BCUT2D eigenvalue weighted by Crippen LogP contribution is -2.35. The Labute approximate surface area is 240 Å². The van der Waals surface area contributed by atoms with Gasteiger partial charge in [-0.05, 0) is 91.9 Å². The van der Waals surface area contributed by atoms with Gasteiger partial charge < -0.3 is 19.9 Å². The highest BCUT2D eigenvalue weighted by molar-refractivity contribution is 5.99. The fourth-order valence-corrected chi connectivity index (χ4v) is 5.31. The number of aliphatic hydroxyl groups excluding tert-OH is 1. The van der Waals surface area contributed by atoms with Gasteiger partial charge in [-0.2, -0.15) is 0 Å². The first-order valence-corrected chi connectivity index (χ1v) is 14.0. The van der Waals surface area contributed by atoms with Crippen LogP contribution in [0.25, 0.3) is 0 Å². The van der Waals surface area contributed by atoms with Gasteiger partial charge in [0.05, 0.1) is 11.8 Å². The standard InChI is InChI=1S/C34H36FN3O3/c1-22-23(2)37(3)21-30(22)34(41)20-25-6-13-32(31(35)18-25)36-27-9-4-24(5-10-27)19-33(40)26-7-11-28(12-8-26)38-16-14-29(39)15-17-38/h4-13,18,21,29,36,39H,14-17,19-20H2,1-3H3. The molecule has 5 rings (SSSR count). The summed E-state index contributed by atoms with van der Waals surface area (Å²) in [5, 5.41) is 12.8. The van der Waals surface area contributed by atoms with Crippen molar-refractivity contribution in [3.05, 3.63) is 112 Å². The van der Waals surface area contributed by atoms with Crippen molar-refractivity contribution in [2.75, 3.05) is 23.3 Å². The fourth-order valence-electron chi connectivity index (χ4n) is 5.31. The zero-order valence-electron chi connectivity index (χ0n) is 23.8. The van der Waals surface area contributed by atoms with Gasteiger partial charge in [0.1, 0.15) is 5.82 Å². The maximum atomic E-state index is 14.9. The van der Waals surface area contributed by atoms with Crippen LogP contribution >= 0.6 is 0 Å². The number of benzene rings is 3. The number of ketones is 2. The van der Waals surface area contributed by atoms with Crippen molar-refractivity contribution in [1.29, 1.82) is 0 Å². The summed E-state index contributed by atoms with van der Waals surface area (Å²) in [4.78, 5) is 27.9. The molecule has 2 N–H and O–H groups in total. The molecule has 0 saturated carbocycles. The second kappa shape index (κ2) is 12.1. The van der Waals surface area contributed by atoms with Crippen molar-refractivity contribution < 1.29 is 19.1 Å². The number of nitrogens with one attached hydrogen (secondary N) is 1. The normalized spacial score (nSPS) is 13.8. The molecule has 212 valence electrons. The van der Waals surface area contributed by atoms with Crippen LogP contribution in [-0.2, 0) is 19.9 Å². The van der Waals surface area contributed by atoms with Gasteiger partial charge in [0.2, 0.25) is 0 Å². The molecule has 0 amide bonds. The first kappa shape index (κ1) is 28.3. The van der Waals surface area contributed by atoms with E-state index in [9.17, 15) is 19.1 Å². The molecule has 1 aliphatic heterocycles. The van der Waals surface area contributed by atoms with E-state index in [2.05, 4.69) is 10.2 Å². The third kappa shape index (κ3) is 6.57. The summed E-state index contributed by atoms with van der Waals surface area (Å²) in [5.74, 6) is -0.432. The third-order valence-electron chi connectivity index (χ3n) is 8.11. The molecule has 2 heterocycles. The number of halogens is 1. The zero-order chi connectivity index (χ0) is 29.1. The molecule has 4 aromatic rings. The molecular formula is C34H36FN3O3. The fraction of sp³-hybridized carbons (Fsp3) is 0.294. The van der Waals surface area contributed by atoms with Crippen LogP contribution in [0, 0.1) is 19.7 Å². The minimum atomic E-state index is -0.431. The van der Waals surface area contributed by atoms with Crippen LogP contribution in [0.4, 0.5) is 21.5 Å². The lowest BCUT2D eigenvalue weighted by molar-refractivity contribution is 0.0984. The number of Topliss-reactive ketones (excluding diaryl/α,β-unsaturated/α-hetero) is 2. The van der Waals surface area contributed by atoms with Crippen molar-refractivity contribution in [2.24, 2.45) is 7.05 Å². The molecule has 3 aromatic carbocycles. The van der Waals surface area contributed by atoms with E-state index in [-0.39, 0.29) is 30.5 Å². The third-order valence-corrected chi connectivity index (χ3v) is 8.11. The van der Waals surface area contributed by atoms with E-state index in [4.69, 9.17) is 0 Å². The number of aryl methyl sites for hydroxylation is 1. The number of carbonyl (C=O) groups excluding carboxylic acids is 2. The van der Waals surface area contributed by atoms with E-state index >= 15 is 0 Å². The molecule has 0 unspecified atom stereocenters. The highest BCUT2D eigenvalue weighted by Gasteiger charge is 2.18. The minimum absolute atomic E-state index is 0.0309. The Kier molecular flexibility index (Phi) is 8.36. The molecule has 0 radical (unpaired) electrons. The second-order valence-corrected chi connectivity index (χ2v) is 11.0. The smallest absolute Gasteiger partial charge is 0.169 e. The van der Waals surface area contributed by atoms with Crippen LogP contribution in [0.1, 0.15) is 55.9 Å². The Hall–Kier alpha value is -4.23. The van der Waals surface area contributed by atoms with Crippen LogP contribution in [0.3, 0.4) is 0 Å². The maximum absolute atomic E-state index is 14.9. The van der Waals surface area contributed by atoms with Gasteiger partial charge in [-0.15, -0.1) is 0 Å². The Morgan fingerprint density at radius 1 is 0.902 bits per heavy atom. The quantitative estimate of drug-likeness (QED) is 0.237. The molecular weight excluding hydrogens is 517 g/mol. The molecule has 0 spiro atoms. The van der Waals surface area contributed by atoms with Crippen LogP contribution in [0.2, 0.25) is 0 Å². The highest BCUT2D eigenvalue weighted by atomic mass is 19.1. The topological polar surface area (TPSA) is 74.6 Å². The average molecular weight is 554 g/mol. The Bertz CT molecular complexity index is 1550. The number of carbonyl (C=O) groups is 2. The predicted octanol–water partition coefficient (Wildman–Crippen LogP) is 6.34. The maximum Gasteiger partial charge on any atom is 0.169 e. The summed E-state index contributed by atoms with van der Waals surface area (Å²) in [6.45, 7) is 5.53. The van der Waals surface area contributed by atoms with Crippen molar-refractivity contribution in [2.45, 2.75) is 45.6 Å². The monoisotopic (exact) mass is 553 g/mol. The van der Waals surface area contributed by atoms with Gasteiger partial charge in [0.15, 0.2) is 11.6 Å². The summed E-state index contributed by atoms with van der Waals surface area (Å²) in [7, 11) is 1.91. The molecule has 6 nitrogen and oxygen atoms in total. The van der Waals surface area contributed by atoms with Gasteiger partial charge in [0.25, 0.3) is 0 Å².